The Hall–Kier alpha value is -3.14. The van der Waals surface area contributed by atoms with E-state index in [-0.39, 0.29) is 5.69 Å². The average molecular weight is 451 g/mol. The molecule has 1 aromatic heterocycles. The molecule has 0 bridgehead atoms. The maximum atomic E-state index is 12.9. The van der Waals surface area contributed by atoms with Crippen LogP contribution in [0, 0.1) is 5.92 Å². The summed E-state index contributed by atoms with van der Waals surface area (Å²) in [5.41, 5.74) is 0.195. The van der Waals surface area contributed by atoms with E-state index < -0.39 is 26.7 Å². The fraction of sp³-hybridized carbons (Fsp3) is 0.238. The third-order valence-corrected chi connectivity index (χ3v) is 5.47. The fourth-order valence-corrected chi connectivity index (χ4v) is 3.69. The molecule has 0 unspecified atom stereocenters. The number of sulfonamides is 1. The van der Waals surface area contributed by atoms with E-state index in [1.54, 1.807) is 24.3 Å². The minimum atomic E-state index is -4.64. The number of hydrogen-bond acceptors (Lipinski definition) is 5. The quantitative estimate of drug-likeness (QED) is 0.547. The average Bonchev–Trinajstić information content (AvgIpc) is 2.72. The first kappa shape index (κ1) is 22.5. The highest BCUT2D eigenvalue weighted by Crippen LogP contribution is 2.31. The number of rotatable bonds is 7. The molecule has 3 aromatic rings. The molecule has 0 amide bonds. The number of benzene rings is 2. The van der Waals surface area contributed by atoms with E-state index in [9.17, 15) is 21.6 Å². The van der Waals surface area contributed by atoms with E-state index in [4.69, 9.17) is 4.74 Å². The van der Waals surface area contributed by atoms with Gasteiger partial charge in [0, 0.05) is 17.3 Å². The Morgan fingerprint density at radius 3 is 2.39 bits per heavy atom. The van der Waals surface area contributed by atoms with Crippen molar-refractivity contribution in [1.29, 1.82) is 0 Å². The predicted molar refractivity (Wildman–Crippen MR) is 110 cm³/mol. The normalized spacial score (nSPS) is 12.1. The molecule has 164 valence electrons. The molecule has 0 aliphatic rings. The highest BCUT2D eigenvalue weighted by molar-refractivity contribution is 7.92. The van der Waals surface area contributed by atoms with E-state index in [2.05, 4.69) is 14.9 Å². The van der Waals surface area contributed by atoms with Gasteiger partial charge < -0.3 is 4.74 Å². The second-order valence-electron chi connectivity index (χ2n) is 7.17. The third kappa shape index (κ3) is 5.94. The smallest absolute Gasteiger partial charge is 0.416 e. The molecule has 31 heavy (non-hydrogen) atoms. The summed E-state index contributed by atoms with van der Waals surface area (Å²) in [6, 6.07) is 13.2. The maximum Gasteiger partial charge on any atom is 0.416 e. The van der Waals surface area contributed by atoms with Crippen LogP contribution in [0.2, 0.25) is 0 Å². The van der Waals surface area contributed by atoms with Gasteiger partial charge in [0.1, 0.15) is 0 Å². The molecule has 3 rings (SSSR count). The maximum absolute atomic E-state index is 12.9. The van der Waals surface area contributed by atoms with E-state index in [1.807, 2.05) is 13.8 Å². The molecule has 0 atom stereocenters. The lowest BCUT2D eigenvalue weighted by molar-refractivity contribution is -0.137. The van der Waals surface area contributed by atoms with Crippen LogP contribution in [-0.2, 0) is 16.2 Å². The molecule has 0 spiro atoms. The molecule has 0 radical (unpaired) electrons. The summed E-state index contributed by atoms with van der Waals surface area (Å²) in [5.74, 6) is 0.710. The summed E-state index contributed by atoms with van der Waals surface area (Å²) in [6.07, 6.45) is -4.64. The lowest BCUT2D eigenvalue weighted by Gasteiger charge is -2.12. The van der Waals surface area contributed by atoms with Gasteiger partial charge in [-0.15, -0.1) is 10.2 Å². The SMILES string of the molecule is CC(C)COc1ccc(-c2cccc(NS(=O)(=O)c3cccc(C(F)(F)F)c3)c2)nn1. The number of hydrogen-bond donors (Lipinski definition) is 1. The van der Waals surface area contributed by atoms with Gasteiger partial charge in [-0.05, 0) is 42.3 Å². The second kappa shape index (κ2) is 8.93. The van der Waals surface area contributed by atoms with Gasteiger partial charge >= 0.3 is 6.18 Å². The van der Waals surface area contributed by atoms with Crippen LogP contribution in [0.1, 0.15) is 19.4 Å². The summed E-state index contributed by atoms with van der Waals surface area (Å²) >= 11 is 0. The molecule has 1 N–H and O–H groups in total. The van der Waals surface area contributed by atoms with Crippen LogP contribution in [-0.4, -0.2) is 25.2 Å². The molecule has 2 aromatic carbocycles. The highest BCUT2D eigenvalue weighted by Gasteiger charge is 2.31. The lowest BCUT2D eigenvalue weighted by atomic mass is 10.1. The van der Waals surface area contributed by atoms with Crippen LogP contribution in [0.4, 0.5) is 18.9 Å². The summed E-state index contributed by atoms with van der Waals surface area (Å²) in [5, 5.41) is 8.08. The molecule has 0 aliphatic carbocycles. The van der Waals surface area contributed by atoms with Crippen LogP contribution in [0.15, 0.2) is 65.6 Å². The number of aromatic nitrogens is 2. The van der Waals surface area contributed by atoms with Crippen molar-refractivity contribution in [3.8, 4) is 17.1 Å². The summed E-state index contributed by atoms with van der Waals surface area (Å²) < 4.78 is 71.6. The van der Waals surface area contributed by atoms with Gasteiger partial charge in [-0.1, -0.05) is 32.0 Å². The van der Waals surface area contributed by atoms with Crippen molar-refractivity contribution in [3.63, 3.8) is 0 Å². The van der Waals surface area contributed by atoms with E-state index >= 15 is 0 Å². The minimum Gasteiger partial charge on any atom is -0.476 e. The van der Waals surface area contributed by atoms with Gasteiger partial charge in [0.15, 0.2) is 0 Å². The Kier molecular flexibility index (Phi) is 6.49. The third-order valence-electron chi connectivity index (χ3n) is 4.09. The number of nitrogens with zero attached hydrogens (tertiary/aromatic N) is 2. The van der Waals surface area contributed by atoms with Crippen LogP contribution in [0.25, 0.3) is 11.3 Å². The molecule has 10 heteroatoms. The van der Waals surface area contributed by atoms with Crippen LogP contribution >= 0.6 is 0 Å². The predicted octanol–water partition coefficient (Wildman–Crippen LogP) is 5.00. The Morgan fingerprint density at radius 1 is 1.00 bits per heavy atom. The van der Waals surface area contributed by atoms with Crippen LogP contribution < -0.4 is 9.46 Å². The van der Waals surface area contributed by atoms with E-state index in [0.29, 0.717) is 35.7 Å². The topological polar surface area (TPSA) is 81.2 Å². The zero-order chi connectivity index (χ0) is 22.6. The first-order valence-electron chi connectivity index (χ1n) is 9.31. The lowest BCUT2D eigenvalue weighted by Crippen LogP contribution is -2.14. The Morgan fingerprint density at radius 2 is 1.74 bits per heavy atom. The van der Waals surface area contributed by atoms with Crippen LogP contribution in [0.3, 0.4) is 0 Å². The highest BCUT2D eigenvalue weighted by atomic mass is 32.2. The number of nitrogens with one attached hydrogen (secondary N) is 1. The zero-order valence-corrected chi connectivity index (χ0v) is 17.5. The van der Waals surface area contributed by atoms with Crippen molar-refractivity contribution < 1.29 is 26.3 Å². The van der Waals surface area contributed by atoms with Gasteiger partial charge in [-0.25, -0.2) is 8.42 Å². The van der Waals surface area contributed by atoms with Gasteiger partial charge in [0.2, 0.25) is 5.88 Å². The van der Waals surface area contributed by atoms with Gasteiger partial charge in [0.25, 0.3) is 10.0 Å². The van der Waals surface area contributed by atoms with E-state index in [1.165, 1.54) is 12.1 Å². The molecule has 0 aliphatic heterocycles. The Labute approximate surface area is 178 Å². The van der Waals surface area contributed by atoms with Gasteiger partial charge in [-0.3, -0.25) is 4.72 Å². The monoisotopic (exact) mass is 451 g/mol. The summed E-state index contributed by atoms with van der Waals surface area (Å²) in [4.78, 5) is -0.487. The van der Waals surface area contributed by atoms with Crippen molar-refractivity contribution in [2.45, 2.75) is 24.9 Å². The van der Waals surface area contributed by atoms with Crippen molar-refractivity contribution in [2.75, 3.05) is 11.3 Å². The number of alkyl halides is 3. The van der Waals surface area contributed by atoms with Gasteiger partial charge in [0.05, 0.1) is 22.8 Å². The largest absolute Gasteiger partial charge is 0.476 e. The first-order valence-corrected chi connectivity index (χ1v) is 10.8. The molecule has 0 saturated carbocycles. The Balaban J connectivity index is 1.80. The van der Waals surface area contributed by atoms with Crippen LogP contribution in [0.5, 0.6) is 5.88 Å². The van der Waals surface area contributed by atoms with E-state index in [0.717, 1.165) is 18.2 Å². The number of halogens is 3. The Bertz CT molecular complexity index is 1150. The summed E-state index contributed by atoms with van der Waals surface area (Å²) in [6.45, 7) is 4.52. The molecule has 6 nitrogen and oxygen atoms in total. The molecule has 1 heterocycles. The fourth-order valence-electron chi connectivity index (χ4n) is 2.60. The van der Waals surface area contributed by atoms with Crippen molar-refractivity contribution in [1.82, 2.24) is 10.2 Å². The molecular formula is C21H20F3N3O3S. The van der Waals surface area contributed by atoms with Crippen molar-refractivity contribution in [2.24, 2.45) is 5.92 Å². The standard InChI is InChI=1S/C21H20F3N3O3S/c1-14(2)13-30-20-10-9-19(25-26-20)15-5-3-7-17(11-15)27-31(28,29)18-8-4-6-16(12-18)21(22,23)24/h3-12,14,27H,13H2,1-2H3. The molecule has 0 saturated heterocycles. The summed E-state index contributed by atoms with van der Waals surface area (Å²) in [7, 11) is -4.22. The molecule has 0 fully saturated rings. The minimum absolute atomic E-state index is 0.178. The number of ether oxygens (including phenoxy) is 1. The van der Waals surface area contributed by atoms with Crippen molar-refractivity contribution in [3.05, 3.63) is 66.2 Å². The molecular weight excluding hydrogens is 431 g/mol. The zero-order valence-electron chi connectivity index (χ0n) is 16.7. The first-order chi connectivity index (χ1) is 14.5. The second-order valence-corrected chi connectivity index (χ2v) is 8.86. The number of anilines is 1. The van der Waals surface area contributed by atoms with Crippen molar-refractivity contribution >= 4 is 15.7 Å². The van der Waals surface area contributed by atoms with Gasteiger partial charge in [-0.2, -0.15) is 13.2 Å².